The summed E-state index contributed by atoms with van der Waals surface area (Å²) in [5, 5.41) is 3.71. The summed E-state index contributed by atoms with van der Waals surface area (Å²) in [7, 11) is -3.73. The predicted molar refractivity (Wildman–Crippen MR) is 75.9 cm³/mol. The quantitative estimate of drug-likeness (QED) is 0.892. The number of ether oxygens (including phenoxy) is 1. The number of nitrogens with one attached hydrogen (secondary N) is 1. The molecule has 108 valence electrons. The smallest absolute Gasteiger partial charge is 0.240 e. The van der Waals surface area contributed by atoms with Gasteiger partial charge in [0.25, 0.3) is 0 Å². The molecule has 7 heteroatoms. The second-order valence-electron chi connectivity index (χ2n) is 3.98. The van der Waals surface area contributed by atoms with Crippen LogP contribution in [-0.4, -0.2) is 15.0 Å². The zero-order chi connectivity index (χ0) is 14.6. The maximum absolute atomic E-state index is 13.7. The standard InChI is InChI=1S/C13H14FNO3S2/c1-2-18-13-4-3-11(7-12(13)14)20(16,17)15-8-10-5-6-19-9-10/h3-7,9,15H,2,8H2,1H3. The zero-order valence-corrected chi connectivity index (χ0v) is 12.4. The van der Waals surface area contributed by atoms with Gasteiger partial charge in [-0.15, -0.1) is 0 Å². The Labute approximate surface area is 121 Å². The number of halogens is 1. The van der Waals surface area contributed by atoms with E-state index in [9.17, 15) is 12.8 Å². The van der Waals surface area contributed by atoms with Crippen LogP contribution in [0.1, 0.15) is 12.5 Å². The van der Waals surface area contributed by atoms with E-state index in [2.05, 4.69) is 4.72 Å². The van der Waals surface area contributed by atoms with Crippen molar-refractivity contribution in [3.05, 3.63) is 46.4 Å². The fraction of sp³-hybridized carbons (Fsp3) is 0.231. The average Bonchev–Trinajstić information content (AvgIpc) is 2.92. The van der Waals surface area contributed by atoms with Crippen molar-refractivity contribution < 1.29 is 17.5 Å². The van der Waals surface area contributed by atoms with E-state index < -0.39 is 15.8 Å². The summed E-state index contributed by atoms with van der Waals surface area (Å²) in [6, 6.07) is 5.43. The van der Waals surface area contributed by atoms with Crippen molar-refractivity contribution in [3.8, 4) is 5.75 Å². The molecule has 1 aromatic heterocycles. The van der Waals surface area contributed by atoms with Gasteiger partial charge in [-0.25, -0.2) is 17.5 Å². The molecular weight excluding hydrogens is 301 g/mol. The van der Waals surface area contributed by atoms with E-state index in [1.807, 2.05) is 16.8 Å². The first-order valence-corrected chi connectivity index (χ1v) is 8.38. The third-order valence-electron chi connectivity index (χ3n) is 2.56. The third-order valence-corrected chi connectivity index (χ3v) is 4.69. The molecule has 0 aliphatic rings. The van der Waals surface area contributed by atoms with Gasteiger partial charge in [-0.05, 0) is 47.5 Å². The van der Waals surface area contributed by atoms with Gasteiger partial charge in [-0.3, -0.25) is 0 Å². The first kappa shape index (κ1) is 15.0. The van der Waals surface area contributed by atoms with Crippen LogP contribution in [0.5, 0.6) is 5.75 Å². The zero-order valence-electron chi connectivity index (χ0n) is 10.8. The van der Waals surface area contributed by atoms with Crippen molar-refractivity contribution in [3.63, 3.8) is 0 Å². The molecule has 0 atom stereocenters. The Kier molecular flexibility index (Phi) is 4.74. The average molecular weight is 315 g/mol. The summed E-state index contributed by atoms with van der Waals surface area (Å²) in [5.74, 6) is -0.644. The van der Waals surface area contributed by atoms with Gasteiger partial charge in [0, 0.05) is 6.54 Å². The van der Waals surface area contributed by atoms with Gasteiger partial charge < -0.3 is 4.74 Å². The van der Waals surface area contributed by atoms with E-state index in [-0.39, 0.29) is 17.2 Å². The van der Waals surface area contributed by atoms with E-state index in [1.54, 1.807) is 6.92 Å². The Balaban J connectivity index is 2.14. The molecule has 0 saturated heterocycles. The highest BCUT2D eigenvalue weighted by molar-refractivity contribution is 7.89. The molecule has 2 aromatic rings. The molecule has 0 aliphatic carbocycles. The molecule has 0 fully saturated rings. The number of thiophene rings is 1. The fourth-order valence-electron chi connectivity index (χ4n) is 1.58. The van der Waals surface area contributed by atoms with Crippen molar-refractivity contribution in [2.45, 2.75) is 18.4 Å². The number of benzene rings is 1. The molecule has 4 nitrogen and oxygen atoms in total. The maximum Gasteiger partial charge on any atom is 0.240 e. The van der Waals surface area contributed by atoms with Crippen LogP contribution >= 0.6 is 11.3 Å². The molecule has 2 rings (SSSR count). The van der Waals surface area contributed by atoms with E-state index in [0.29, 0.717) is 6.61 Å². The molecule has 0 saturated carbocycles. The van der Waals surface area contributed by atoms with Gasteiger partial charge >= 0.3 is 0 Å². The maximum atomic E-state index is 13.7. The summed E-state index contributed by atoms with van der Waals surface area (Å²) < 4.78 is 45.2. The largest absolute Gasteiger partial charge is 0.491 e. The highest BCUT2D eigenvalue weighted by atomic mass is 32.2. The number of hydrogen-bond donors (Lipinski definition) is 1. The fourth-order valence-corrected chi connectivity index (χ4v) is 3.27. The van der Waals surface area contributed by atoms with E-state index in [0.717, 1.165) is 11.6 Å². The minimum atomic E-state index is -3.73. The lowest BCUT2D eigenvalue weighted by atomic mass is 10.3. The van der Waals surface area contributed by atoms with Crippen molar-refractivity contribution in [2.75, 3.05) is 6.61 Å². The van der Waals surface area contributed by atoms with Crippen LogP contribution < -0.4 is 9.46 Å². The Morgan fingerprint density at radius 3 is 2.75 bits per heavy atom. The molecule has 20 heavy (non-hydrogen) atoms. The SMILES string of the molecule is CCOc1ccc(S(=O)(=O)NCc2ccsc2)cc1F. The normalized spacial score (nSPS) is 11.5. The second kappa shape index (κ2) is 6.34. The first-order chi connectivity index (χ1) is 9.53. The molecule has 1 N–H and O–H groups in total. The first-order valence-electron chi connectivity index (χ1n) is 5.96. The molecule has 0 spiro atoms. The summed E-state index contributed by atoms with van der Waals surface area (Å²) in [4.78, 5) is -0.117. The van der Waals surface area contributed by atoms with Crippen molar-refractivity contribution in [2.24, 2.45) is 0 Å². The molecule has 0 bridgehead atoms. The molecule has 1 aromatic carbocycles. The van der Waals surface area contributed by atoms with Gasteiger partial charge in [0.15, 0.2) is 11.6 Å². The Hall–Kier alpha value is -1.44. The monoisotopic (exact) mass is 315 g/mol. The van der Waals surface area contributed by atoms with Crippen molar-refractivity contribution in [1.29, 1.82) is 0 Å². The summed E-state index contributed by atoms with van der Waals surface area (Å²) in [6.45, 7) is 2.23. The highest BCUT2D eigenvalue weighted by Crippen LogP contribution is 2.21. The number of sulfonamides is 1. The molecular formula is C13H14FNO3S2. The van der Waals surface area contributed by atoms with Gasteiger partial charge in [0.1, 0.15) is 0 Å². The van der Waals surface area contributed by atoms with Crippen LogP contribution in [0.4, 0.5) is 4.39 Å². The van der Waals surface area contributed by atoms with Crippen LogP contribution in [0, 0.1) is 5.82 Å². The van der Waals surface area contributed by atoms with E-state index >= 15 is 0 Å². The summed E-state index contributed by atoms with van der Waals surface area (Å²) in [6.07, 6.45) is 0. The molecule has 0 radical (unpaired) electrons. The predicted octanol–water partition coefficient (Wildman–Crippen LogP) is 2.76. The molecule has 0 unspecified atom stereocenters. The van der Waals surface area contributed by atoms with Gasteiger partial charge in [-0.1, -0.05) is 0 Å². The third kappa shape index (κ3) is 3.56. The van der Waals surface area contributed by atoms with Crippen LogP contribution in [0.3, 0.4) is 0 Å². The number of rotatable bonds is 6. The lowest BCUT2D eigenvalue weighted by Crippen LogP contribution is -2.23. The van der Waals surface area contributed by atoms with Crippen LogP contribution in [-0.2, 0) is 16.6 Å². The second-order valence-corrected chi connectivity index (χ2v) is 6.53. The minimum Gasteiger partial charge on any atom is -0.491 e. The van der Waals surface area contributed by atoms with Crippen LogP contribution in [0.25, 0.3) is 0 Å². The van der Waals surface area contributed by atoms with Gasteiger partial charge in [0.05, 0.1) is 11.5 Å². The number of hydrogen-bond acceptors (Lipinski definition) is 4. The highest BCUT2D eigenvalue weighted by Gasteiger charge is 2.16. The molecule has 0 aliphatic heterocycles. The Bertz CT molecular complexity index is 669. The van der Waals surface area contributed by atoms with E-state index in [1.165, 1.54) is 23.5 Å². The minimum absolute atomic E-state index is 0.0456. The molecule has 1 heterocycles. The summed E-state index contributed by atoms with van der Waals surface area (Å²) in [5.41, 5.74) is 0.866. The topological polar surface area (TPSA) is 55.4 Å². The Morgan fingerprint density at radius 2 is 2.15 bits per heavy atom. The van der Waals surface area contributed by atoms with Crippen LogP contribution in [0.15, 0.2) is 39.9 Å². The van der Waals surface area contributed by atoms with Crippen molar-refractivity contribution in [1.82, 2.24) is 4.72 Å². The summed E-state index contributed by atoms with van der Waals surface area (Å²) >= 11 is 1.48. The van der Waals surface area contributed by atoms with E-state index in [4.69, 9.17) is 4.74 Å². The van der Waals surface area contributed by atoms with Gasteiger partial charge in [0.2, 0.25) is 10.0 Å². The Morgan fingerprint density at radius 1 is 1.35 bits per heavy atom. The van der Waals surface area contributed by atoms with Gasteiger partial charge in [-0.2, -0.15) is 11.3 Å². The lowest BCUT2D eigenvalue weighted by molar-refractivity contribution is 0.321. The van der Waals surface area contributed by atoms with Crippen molar-refractivity contribution >= 4 is 21.4 Å². The molecule has 0 amide bonds. The lowest BCUT2D eigenvalue weighted by Gasteiger charge is -2.08. The van der Waals surface area contributed by atoms with Crippen LogP contribution in [0.2, 0.25) is 0 Å².